The smallest absolute Gasteiger partial charge is 0.181 e. The summed E-state index contributed by atoms with van der Waals surface area (Å²) in [7, 11) is -3.02. The van der Waals surface area contributed by atoms with Crippen LogP contribution in [0, 0.1) is 0 Å². The Bertz CT molecular complexity index is 3500. The number of rotatable bonds is 8. The van der Waals surface area contributed by atoms with Crippen LogP contribution in [0.15, 0.2) is 255 Å². The first kappa shape index (κ1) is 36.8. The third-order valence-corrected chi connectivity index (χ3v) is 17.9. The molecule has 0 bridgehead atoms. The van der Waals surface area contributed by atoms with Gasteiger partial charge in [-0.15, -0.1) is 0 Å². The van der Waals surface area contributed by atoms with Gasteiger partial charge in [-0.2, -0.15) is 0 Å². The van der Waals surface area contributed by atoms with E-state index in [1.165, 1.54) is 86.6 Å². The summed E-state index contributed by atoms with van der Waals surface area (Å²) < 4.78 is 5.05. The van der Waals surface area contributed by atoms with Crippen LogP contribution in [0.1, 0.15) is 0 Å². The van der Waals surface area contributed by atoms with Crippen LogP contribution in [-0.2, 0) is 0 Å². The van der Waals surface area contributed by atoms with Crippen LogP contribution in [0.25, 0.3) is 77.2 Å². The Morgan fingerprint density at radius 1 is 0.286 bits per heavy atom. The standard InChI is InChI=1S/C60H42N2Si/c1-6-21-43(22-7-1)45-25-20-26-46(41-45)61-55-35-18-16-33-52(55)53-38-37-47(42-57(53)61)62-56-36-19-17-34-54(56)59-51(44-23-8-2-9-24-44)39-40-58(60(59)62)63(48-27-10-3-11-28-48,49-29-12-4-13-30-49)50-31-14-5-15-32-50/h1-42H. The highest BCUT2D eigenvalue weighted by Crippen LogP contribution is 2.41. The molecule has 0 aliphatic rings. The monoisotopic (exact) mass is 818 g/mol. The van der Waals surface area contributed by atoms with Crippen molar-refractivity contribution in [1.82, 2.24) is 9.13 Å². The summed E-state index contributed by atoms with van der Waals surface area (Å²) in [5.41, 5.74) is 11.9. The Labute approximate surface area is 368 Å². The topological polar surface area (TPSA) is 9.86 Å². The van der Waals surface area contributed by atoms with Crippen molar-refractivity contribution in [3.8, 4) is 33.6 Å². The lowest BCUT2D eigenvalue weighted by Crippen LogP contribution is -2.75. The molecule has 0 fully saturated rings. The zero-order valence-electron chi connectivity index (χ0n) is 34.6. The van der Waals surface area contributed by atoms with Crippen LogP contribution < -0.4 is 20.7 Å². The fraction of sp³-hybridized carbons (Fsp3) is 0. The maximum Gasteiger partial charge on any atom is 0.181 e. The first-order valence-electron chi connectivity index (χ1n) is 21.8. The van der Waals surface area contributed by atoms with Gasteiger partial charge in [-0.25, -0.2) is 0 Å². The van der Waals surface area contributed by atoms with Gasteiger partial charge in [-0.05, 0) is 79.4 Å². The van der Waals surface area contributed by atoms with E-state index in [2.05, 4.69) is 264 Å². The summed E-state index contributed by atoms with van der Waals surface area (Å²) in [5, 5.41) is 10.4. The van der Waals surface area contributed by atoms with Crippen molar-refractivity contribution >= 4 is 72.4 Å². The number of benzene rings is 10. The summed E-state index contributed by atoms with van der Waals surface area (Å²) in [6.45, 7) is 0. The summed E-state index contributed by atoms with van der Waals surface area (Å²) >= 11 is 0. The van der Waals surface area contributed by atoms with Crippen LogP contribution in [-0.4, -0.2) is 17.2 Å². The van der Waals surface area contributed by atoms with Crippen LogP contribution >= 0.6 is 0 Å². The molecule has 2 aromatic heterocycles. The number of para-hydroxylation sites is 2. The van der Waals surface area contributed by atoms with E-state index < -0.39 is 8.07 Å². The molecule has 3 heteroatoms. The normalized spacial score (nSPS) is 11.8. The third kappa shape index (κ3) is 5.85. The van der Waals surface area contributed by atoms with Crippen LogP contribution in [0.3, 0.4) is 0 Å². The number of aromatic nitrogens is 2. The van der Waals surface area contributed by atoms with Crippen molar-refractivity contribution in [3.05, 3.63) is 255 Å². The highest BCUT2D eigenvalue weighted by Gasteiger charge is 2.44. The number of nitrogens with zero attached hydrogens (tertiary/aromatic N) is 2. The van der Waals surface area contributed by atoms with E-state index in [1.807, 2.05) is 0 Å². The maximum absolute atomic E-state index is 3.02. The van der Waals surface area contributed by atoms with Gasteiger partial charge >= 0.3 is 0 Å². The Hall–Kier alpha value is -7.98. The highest BCUT2D eigenvalue weighted by atomic mass is 28.3. The lowest BCUT2D eigenvalue weighted by molar-refractivity contribution is 1.16. The summed E-state index contributed by atoms with van der Waals surface area (Å²) in [4.78, 5) is 0. The van der Waals surface area contributed by atoms with Gasteiger partial charge in [-0.1, -0.05) is 218 Å². The molecule has 0 radical (unpaired) electrons. The summed E-state index contributed by atoms with van der Waals surface area (Å²) in [5.74, 6) is 0. The molecule has 2 heterocycles. The molecule has 0 unspecified atom stereocenters. The van der Waals surface area contributed by atoms with Crippen LogP contribution in [0.4, 0.5) is 0 Å². The number of hydrogen-bond acceptors (Lipinski definition) is 0. The SMILES string of the molecule is c1ccc(-c2cccc(-n3c4ccccc4c4ccc(-n5c6ccccc6c6c(-c7ccccc7)ccc([Si](c7ccccc7)(c7ccccc7)c7ccccc7)c65)cc43)c2)cc1. The first-order valence-corrected chi connectivity index (χ1v) is 23.8. The van der Waals surface area contributed by atoms with Gasteiger partial charge < -0.3 is 9.13 Å². The Morgan fingerprint density at radius 2 is 0.762 bits per heavy atom. The molecule has 2 nitrogen and oxygen atoms in total. The molecule has 63 heavy (non-hydrogen) atoms. The van der Waals surface area contributed by atoms with Crippen molar-refractivity contribution < 1.29 is 0 Å². The van der Waals surface area contributed by atoms with Crippen LogP contribution in [0.2, 0.25) is 0 Å². The Morgan fingerprint density at radius 3 is 1.38 bits per heavy atom. The Balaban J connectivity index is 1.24. The average Bonchev–Trinajstić information content (AvgIpc) is 3.89. The van der Waals surface area contributed by atoms with E-state index >= 15 is 0 Å². The molecule has 12 aromatic rings. The first-order chi connectivity index (χ1) is 31.3. The minimum absolute atomic E-state index is 1.13. The molecule has 0 N–H and O–H groups in total. The number of fused-ring (bicyclic) bond motifs is 6. The Kier molecular flexibility index (Phi) is 8.87. The summed E-state index contributed by atoms with van der Waals surface area (Å²) in [6.07, 6.45) is 0. The lowest BCUT2D eigenvalue weighted by Gasteiger charge is -2.35. The quantitative estimate of drug-likeness (QED) is 0.107. The van der Waals surface area contributed by atoms with E-state index in [0.29, 0.717) is 0 Å². The van der Waals surface area contributed by atoms with E-state index in [4.69, 9.17) is 0 Å². The van der Waals surface area contributed by atoms with E-state index in [1.54, 1.807) is 0 Å². The molecular formula is C60H42N2Si. The fourth-order valence-corrected chi connectivity index (χ4v) is 15.3. The molecule has 296 valence electrons. The second-order valence-electron chi connectivity index (χ2n) is 16.4. The molecular weight excluding hydrogens is 777 g/mol. The van der Waals surface area contributed by atoms with Gasteiger partial charge in [-0.3, -0.25) is 0 Å². The molecule has 12 rings (SSSR count). The molecule has 0 aliphatic heterocycles. The van der Waals surface area contributed by atoms with E-state index in [-0.39, 0.29) is 0 Å². The average molecular weight is 819 g/mol. The minimum Gasteiger partial charge on any atom is -0.309 e. The molecule has 0 atom stereocenters. The van der Waals surface area contributed by atoms with Crippen molar-refractivity contribution in [3.63, 3.8) is 0 Å². The predicted molar refractivity (Wildman–Crippen MR) is 270 cm³/mol. The third-order valence-electron chi connectivity index (χ3n) is 13.1. The fourth-order valence-electron chi connectivity index (χ4n) is 10.4. The molecule has 0 saturated carbocycles. The molecule has 10 aromatic carbocycles. The van der Waals surface area contributed by atoms with Gasteiger partial charge in [0.2, 0.25) is 0 Å². The van der Waals surface area contributed by atoms with Gasteiger partial charge in [0, 0.05) is 32.9 Å². The van der Waals surface area contributed by atoms with Gasteiger partial charge in [0.25, 0.3) is 0 Å². The van der Waals surface area contributed by atoms with E-state index in [0.717, 1.165) is 11.4 Å². The maximum atomic E-state index is 2.59. The van der Waals surface area contributed by atoms with E-state index in [9.17, 15) is 0 Å². The van der Waals surface area contributed by atoms with Crippen molar-refractivity contribution in [2.24, 2.45) is 0 Å². The van der Waals surface area contributed by atoms with Crippen molar-refractivity contribution in [2.75, 3.05) is 0 Å². The second-order valence-corrected chi connectivity index (χ2v) is 20.2. The molecule has 0 amide bonds. The molecule has 0 spiro atoms. The predicted octanol–water partition coefficient (Wildman–Crippen LogP) is 12.6. The largest absolute Gasteiger partial charge is 0.309 e. The van der Waals surface area contributed by atoms with Crippen LogP contribution in [0.5, 0.6) is 0 Å². The highest BCUT2D eigenvalue weighted by molar-refractivity contribution is 7.20. The lowest BCUT2D eigenvalue weighted by atomic mass is 9.99. The van der Waals surface area contributed by atoms with Gasteiger partial charge in [0.05, 0.1) is 22.1 Å². The summed E-state index contributed by atoms with van der Waals surface area (Å²) in [6, 6.07) is 94.4. The minimum atomic E-state index is -3.02. The molecule has 0 saturated heterocycles. The van der Waals surface area contributed by atoms with Crippen molar-refractivity contribution in [1.29, 1.82) is 0 Å². The second kappa shape index (κ2) is 15.2. The number of hydrogen-bond donors (Lipinski definition) is 0. The molecule has 0 aliphatic carbocycles. The van der Waals surface area contributed by atoms with Gasteiger partial charge in [0.1, 0.15) is 0 Å². The zero-order valence-corrected chi connectivity index (χ0v) is 35.6. The van der Waals surface area contributed by atoms with Crippen molar-refractivity contribution in [2.45, 2.75) is 0 Å². The van der Waals surface area contributed by atoms with Gasteiger partial charge in [0.15, 0.2) is 8.07 Å². The zero-order chi connectivity index (χ0) is 41.7.